The van der Waals surface area contributed by atoms with Gasteiger partial charge in [0.15, 0.2) is 0 Å². The molecule has 6 nitrogen and oxygen atoms in total. The van der Waals surface area contributed by atoms with Crippen LogP contribution in [0.25, 0.3) is 0 Å². The summed E-state index contributed by atoms with van der Waals surface area (Å²) in [6, 6.07) is 15.8. The maximum Gasteiger partial charge on any atom is 0.228 e. The third-order valence-corrected chi connectivity index (χ3v) is 5.89. The molecule has 2 aromatic carbocycles. The van der Waals surface area contributed by atoms with Crippen molar-refractivity contribution in [3.63, 3.8) is 0 Å². The zero-order valence-electron chi connectivity index (χ0n) is 17.0. The monoisotopic (exact) mass is 393 g/mol. The molecular weight excluding hydrogens is 366 g/mol. The molecule has 4 rings (SSSR count). The Bertz CT molecular complexity index is 906. The molecule has 2 aliphatic rings. The lowest BCUT2D eigenvalue weighted by Gasteiger charge is -2.37. The van der Waals surface area contributed by atoms with E-state index in [0.29, 0.717) is 25.4 Å². The maximum absolute atomic E-state index is 13.1. The maximum atomic E-state index is 13.1. The Morgan fingerprint density at radius 2 is 1.79 bits per heavy atom. The lowest BCUT2D eigenvalue weighted by molar-refractivity contribution is -0.136. The summed E-state index contributed by atoms with van der Waals surface area (Å²) in [7, 11) is 1.60. The number of amides is 2. The highest BCUT2D eigenvalue weighted by atomic mass is 16.5. The Hall–Kier alpha value is -3.02. The Balaban J connectivity index is 1.38. The summed E-state index contributed by atoms with van der Waals surface area (Å²) < 4.78 is 5.26. The molecule has 2 saturated heterocycles. The Morgan fingerprint density at radius 1 is 1.03 bits per heavy atom. The SMILES string of the molecule is COc1cccc(N2C[C@@H](C(=O)N3CCN(c4ccccc4C)CC3)CC2=O)c1. The number of anilines is 2. The Labute approximate surface area is 171 Å². The molecule has 2 aliphatic heterocycles. The van der Waals surface area contributed by atoms with Gasteiger partial charge in [0.25, 0.3) is 0 Å². The van der Waals surface area contributed by atoms with E-state index in [0.717, 1.165) is 18.8 Å². The predicted octanol–water partition coefficient (Wildman–Crippen LogP) is 2.71. The van der Waals surface area contributed by atoms with Crippen molar-refractivity contribution in [3.8, 4) is 5.75 Å². The second-order valence-electron chi connectivity index (χ2n) is 7.71. The molecular formula is C23H27N3O3. The van der Waals surface area contributed by atoms with E-state index in [9.17, 15) is 9.59 Å². The fourth-order valence-corrected chi connectivity index (χ4v) is 4.25. The van der Waals surface area contributed by atoms with E-state index in [4.69, 9.17) is 4.74 Å². The van der Waals surface area contributed by atoms with E-state index in [2.05, 4.69) is 30.0 Å². The van der Waals surface area contributed by atoms with Crippen molar-refractivity contribution in [2.24, 2.45) is 5.92 Å². The number of carbonyl (C=O) groups excluding carboxylic acids is 2. The van der Waals surface area contributed by atoms with Crippen LogP contribution in [0.3, 0.4) is 0 Å². The number of para-hydroxylation sites is 1. The van der Waals surface area contributed by atoms with E-state index in [-0.39, 0.29) is 24.2 Å². The lowest BCUT2D eigenvalue weighted by atomic mass is 10.1. The van der Waals surface area contributed by atoms with Crippen LogP contribution < -0.4 is 14.5 Å². The number of aryl methyl sites for hydroxylation is 1. The third-order valence-electron chi connectivity index (χ3n) is 5.89. The molecule has 1 atom stereocenters. The molecule has 0 bridgehead atoms. The van der Waals surface area contributed by atoms with Crippen LogP contribution in [0.4, 0.5) is 11.4 Å². The molecule has 0 saturated carbocycles. The first-order valence-corrected chi connectivity index (χ1v) is 10.1. The van der Waals surface area contributed by atoms with Crippen LogP contribution in [0.5, 0.6) is 5.75 Å². The normalized spacial score (nSPS) is 19.6. The van der Waals surface area contributed by atoms with Crippen molar-refractivity contribution in [3.05, 3.63) is 54.1 Å². The molecule has 0 aromatic heterocycles. The number of benzene rings is 2. The standard InChI is InChI=1S/C23H27N3O3/c1-17-6-3-4-9-21(17)24-10-12-25(13-11-24)23(28)18-14-22(27)26(16-18)19-7-5-8-20(15-19)29-2/h3-9,15,18H,10-14,16H2,1-2H3/t18-/m0/s1. The molecule has 0 N–H and O–H groups in total. The van der Waals surface area contributed by atoms with Gasteiger partial charge in [-0.05, 0) is 30.7 Å². The number of rotatable bonds is 4. The molecule has 0 radical (unpaired) electrons. The van der Waals surface area contributed by atoms with Gasteiger partial charge in [-0.15, -0.1) is 0 Å². The van der Waals surface area contributed by atoms with Gasteiger partial charge in [-0.25, -0.2) is 0 Å². The third kappa shape index (κ3) is 3.92. The van der Waals surface area contributed by atoms with E-state index in [1.54, 1.807) is 12.0 Å². The van der Waals surface area contributed by atoms with Crippen LogP contribution in [0.2, 0.25) is 0 Å². The first-order valence-electron chi connectivity index (χ1n) is 10.1. The van der Waals surface area contributed by atoms with Gasteiger partial charge in [0.05, 0.1) is 13.0 Å². The van der Waals surface area contributed by atoms with Crippen molar-refractivity contribution in [2.75, 3.05) is 49.6 Å². The topological polar surface area (TPSA) is 53.1 Å². The highest BCUT2D eigenvalue weighted by molar-refractivity contribution is 6.00. The van der Waals surface area contributed by atoms with Gasteiger partial charge >= 0.3 is 0 Å². The van der Waals surface area contributed by atoms with Gasteiger partial charge < -0.3 is 19.4 Å². The van der Waals surface area contributed by atoms with Crippen LogP contribution in [-0.4, -0.2) is 56.5 Å². The summed E-state index contributed by atoms with van der Waals surface area (Å²) in [5.74, 6) is 0.513. The highest BCUT2D eigenvalue weighted by Gasteiger charge is 2.38. The van der Waals surface area contributed by atoms with Gasteiger partial charge in [0.1, 0.15) is 5.75 Å². The molecule has 2 fully saturated rings. The number of piperazine rings is 1. The van der Waals surface area contributed by atoms with Crippen molar-refractivity contribution in [2.45, 2.75) is 13.3 Å². The molecule has 29 heavy (non-hydrogen) atoms. The molecule has 2 aromatic rings. The molecule has 0 unspecified atom stereocenters. The zero-order chi connectivity index (χ0) is 20.4. The van der Waals surface area contributed by atoms with Crippen molar-refractivity contribution >= 4 is 23.2 Å². The minimum absolute atomic E-state index is 0.00449. The van der Waals surface area contributed by atoms with E-state index < -0.39 is 0 Å². The van der Waals surface area contributed by atoms with Gasteiger partial charge in [-0.3, -0.25) is 9.59 Å². The predicted molar refractivity (Wildman–Crippen MR) is 113 cm³/mol. The number of hydrogen-bond donors (Lipinski definition) is 0. The Kier molecular flexibility index (Phi) is 5.43. The first-order chi connectivity index (χ1) is 14.1. The minimum Gasteiger partial charge on any atom is -0.497 e. The number of methoxy groups -OCH3 is 1. The van der Waals surface area contributed by atoms with Crippen LogP contribution >= 0.6 is 0 Å². The van der Waals surface area contributed by atoms with Crippen molar-refractivity contribution < 1.29 is 14.3 Å². The van der Waals surface area contributed by atoms with Crippen LogP contribution in [0.15, 0.2) is 48.5 Å². The molecule has 2 amide bonds. The van der Waals surface area contributed by atoms with Gasteiger partial charge in [-0.1, -0.05) is 24.3 Å². The number of hydrogen-bond acceptors (Lipinski definition) is 4. The summed E-state index contributed by atoms with van der Waals surface area (Å²) in [4.78, 5) is 31.6. The lowest BCUT2D eigenvalue weighted by Crippen LogP contribution is -2.50. The van der Waals surface area contributed by atoms with Crippen LogP contribution in [0.1, 0.15) is 12.0 Å². The van der Waals surface area contributed by atoms with Crippen molar-refractivity contribution in [1.29, 1.82) is 0 Å². The summed E-state index contributed by atoms with van der Waals surface area (Å²) in [5, 5.41) is 0. The van der Waals surface area contributed by atoms with Crippen molar-refractivity contribution in [1.82, 2.24) is 4.90 Å². The summed E-state index contributed by atoms with van der Waals surface area (Å²) in [5.41, 5.74) is 3.27. The van der Waals surface area contributed by atoms with Gasteiger partial charge in [-0.2, -0.15) is 0 Å². The highest BCUT2D eigenvalue weighted by Crippen LogP contribution is 2.29. The molecule has 0 spiro atoms. The molecule has 6 heteroatoms. The fraction of sp³-hybridized carbons (Fsp3) is 0.391. The van der Waals surface area contributed by atoms with Crippen LogP contribution in [-0.2, 0) is 9.59 Å². The van der Waals surface area contributed by atoms with Crippen LogP contribution in [0, 0.1) is 12.8 Å². The summed E-state index contributed by atoms with van der Waals surface area (Å²) >= 11 is 0. The largest absolute Gasteiger partial charge is 0.497 e. The average molecular weight is 393 g/mol. The average Bonchev–Trinajstić information content (AvgIpc) is 3.15. The second-order valence-corrected chi connectivity index (χ2v) is 7.71. The first kappa shape index (κ1) is 19.3. The summed E-state index contributed by atoms with van der Waals surface area (Å²) in [6.45, 7) is 5.56. The number of nitrogens with zero attached hydrogens (tertiary/aromatic N) is 3. The minimum atomic E-state index is -0.279. The smallest absolute Gasteiger partial charge is 0.228 e. The van der Waals surface area contributed by atoms with Gasteiger partial charge in [0, 0.05) is 56.6 Å². The van der Waals surface area contributed by atoms with Gasteiger partial charge in [0.2, 0.25) is 11.8 Å². The fourth-order valence-electron chi connectivity index (χ4n) is 4.25. The van der Waals surface area contributed by atoms with E-state index in [1.165, 1.54) is 11.3 Å². The van der Waals surface area contributed by atoms with E-state index >= 15 is 0 Å². The Morgan fingerprint density at radius 3 is 2.52 bits per heavy atom. The second kappa shape index (κ2) is 8.15. The molecule has 2 heterocycles. The summed E-state index contributed by atoms with van der Waals surface area (Å²) in [6.07, 6.45) is 0.272. The zero-order valence-corrected chi connectivity index (χ0v) is 17.0. The van der Waals surface area contributed by atoms with E-state index in [1.807, 2.05) is 35.2 Å². The number of carbonyl (C=O) groups is 2. The molecule has 0 aliphatic carbocycles. The molecule has 152 valence electrons. The quantitative estimate of drug-likeness (QED) is 0.802. The number of ether oxygens (including phenoxy) is 1.